The zero-order valence-electron chi connectivity index (χ0n) is 34.7. The van der Waals surface area contributed by atoms with Gasteiger partial charge in [-0.2, -0.15) is 5.10 Å². The van der Waals surface area contributed by atoms with Gasteiger partial charge in [0.05, 0.1) is 21.8 Å². The molecule has 14 heteroatoms. The Morgan fingerprint density at radius 2 is 1.52 bits per heavy atom. The van der Waals surface area contributed by atoms with Crippen LogP contribution in [0.15, 0.2) is 78.6 Å². The van der Waals surface area contributed by atoms with Gasteiger partial charge in [0.1, 0.15) is 23.2 Å². The van der Waals surface area contributed by atoms with Gasteiger partial charge in [0, 0.05) is 69.3 Å². The third-order valence-electron chi connectivity index (χ3n) is 12.2. The van der Waals surface area contributed by atoms with E-state index >= 15 is 0 Å². The van der Waals surface area contributed by atoms with Crippen LogP contribution in [0.4, 0.5) is 16.0 Å². The maximum Gasteiger partial charge on any atom is 0.180 e. The van der Waals surface area contributed by atoms with Crippen LogP contribution >= 0.6 is 11.3 Å². The molecule has 2 aliphatic rings. The van der Waals surface area contributed by atoms with Crippen molar-refractivity contribution in [2.45, 2.75) is 76.8 Å². The molecular weight excluding hydrogens is 772 g/mol. The van der Waals surface area contributed by atoms with Gasteiger partial charge in [-0.3, -0.25) is 9.67 Å². The van der Waals surface area contributed by atoms with Crippen molar-refractivity contribution in [2.75, 3.05) is 49.1 Å². The molecule has 1 unspecified atom stereocenters. The van der Waals surface area contributed by atoms with E-state index in [9.17, 15) is 4.39 Å². The molecule has 1 atom stereocenters. The Bertz CT molecular complexity index is 2530. The van der Waals surface area contributed by atoms with Crippen LogP contribution in [0.2, 0.25) is 0 Å². The molecule has 0 spiro atoms. The first-order valence-electron chi connectivity index (χ1n) is 21.4. The number of hydrogen-bond donors (Lipinski definition) is 2. The smallest absolute Gasteiger partial charge is 0.180 e. The number of nitrogens with one attached hydrogen (secondary N) is 2. The standard InChI is InChI=1S/C46H53FN12S/c1-30-29-60-42-41(30)55-43(56-46(42)59-26-18-35(19-27-59)49-20-5-6-32-13-21-48-22-14-32)40-8-4-7-39(54-40)37(33-9-11-34(47)12-10-33)15-23-50-36-16-24-58(25-17-36)45-38-28-51-57(3)44(38)52-31(2)53-45/h4,7-14,21-22,28-29,35-37,49-50H,5-6,15-20,23-27H2,1-3H3. The van der Waals surface area contributed by atoms with Gasteiger partial charge in [-0.25, -0.2) is 29.3 Å². The molecule has 8 heterocycles. The molecule has 2 aliphatic heterocycles. The van der Waals surface area contributed by atoms with Crippen molar-refractivity contribution in [3.63, 3.8) is 0 Å². The van der Waals surface area contributed by atoms with Crippen molar-refractivity contribution < 1.29 is 4.39 Å². The second-order valence-electron chi connectivity index (χ2n) is 16.3. The van der Waals surface area contributed by atoms with E-state index in [2.05, 4.69) is 72.1 Å². The Hall–Kier alpha value is -5.44. The average molecular weight is 825 g/mol. The molecule has 60 heavy (non-hydrogen) atoms. The number of fused-ring (bicyclic) bond motifs is 2. The zero-order chi connectivity index (χ0) is 41.0. The summed E-state index contributed by atoms with van der Waals surface area (Å²) in [5.74, 6) is 3.09. The minimum absolute atomic E-state index is 0.0386. The first kappa shape index (κ1) is 40.0. The highest BCUT2D eigenvalue weighted by molar-refractivity contribution is 7.18. The van der Waals surface area contributed by atoms with E-state index in [4.69, 9.17) is 19.9 Å². The number of piperidine rings is 2. The van der Waals surface area contributed by atoms with Gasteiger partial charge >= 0.3 is 0 Å². The number of benzene rings is 1. The predicted octanol–water partition coefficient (Wildman–Crippen LogP) is 7.55. The molecule has 0 saturated carbocycles. The molecule has 9 rings (SSSR count). The minimum Gasteiger partial charge on any atom is -0.356 e. The quantitative estimate of drug-likeness (QED) is 0.106. The zero-order valence-corrected chi connectivity index (χ0v) is 35.5. The molecule has 0 amide bonds. The topological polar surface area (TPSA) is 126 Å². The molecule has 2 saturated heterocycles. The van der Waals surface area contributed by atoms with Crippen LogP contribution in [-0.2, 0) is 13.5 Å². The van der Waals surface area contributed by atoms with E-state index in [1.807, 2.05) is 55.4 Å². The number of aryl methyl sites for hydroxylation is 4. The Balaban J connectivity index is 0.875. The van der Waals surface area contributed by atoms with Crippen LogP contribution < -0.4 is 20.4 Å². The van der Waals surface area contributed by atoms with Crippen LogP contribution in [-0.4, -0.2) is 91.0 Å². The summed E-state index contributed by atoms with van der Waals surface area (Å²) in [5, 5.41) is 15.3. The summed E-state index contributed by atoms with van der Waals surface area (Å²) >= 11 is 1.73. The third-order valence-corrected chi connectivity index (χ3v) is 13.3. The van der Waals surface area contributed by atoms with Crippen molar-refractivity contribution >= 4 is 44.2 Å². The lowest BCUT2D eigenvalue weighted by molar-refractivity contribution is 0.407. The summed E-state index contributed by atoms with van der Waals surface area (Å²) in [6.07, 6.45) is 12.7. The number of anilines is 2. The number of halogens is 1. The summed E-state index contributed by atoms with van der Waals surface area (Å²) in [6.45, 7) is 9.56. The maximum absolute atomic E-state index is 14.2. The molecule has 2 fully saturated rings. The first-order valence-corrected chi connectivity index (χ1v) is 22.2. The van der Waals surface area contributed by atoms with Gasteiger partial charge in [-0.1, -0.05) is 18.2 Å². The Labute approximate surface area is 354 Å². The lowest BCUT2D eigenvalue weighted by Gasteiger charge is -2.34. The van der Waals surface area contributed by atoms with E-state index in [0.717, 1.165) is 145 Å². The fourth-order valence-electron chi connectivity index (χ4n) is 8.82. The second-order valence-corrected chi connectivity index (χ2v) is 17.2. The summed E-state index contributed by atoms with van der Waals surface area (Å²) in [6, 6.07) is 18.1. The number of nitrogens with zero attached hydrogens (tertiary/aromatic N) is 10. The first-order chi connectivity index (χ1) is 29.4. The van der Waals surface area contributed by atoms with Crippen molar-refractivity contribution in [3.8, 4) is 11.5 Å². The average Bonchev–Trinajstić information content (AvgIpc) is 3.85. The van der Waals surface area contributed by atoms with Crippen LogP contribution in [0.25, 0.3) is 32.8 Å². The normalized spacial score (nSPS) is 16.0. The molecule has 7 aromatic rings. The van der Waals surface area contributed by atoms with Gasteiger partial charge in [0.15, 0.2) is 17.3 Å². The number of aromatic nitrogens is 8. The highest BCUT2D eigenvalue weighted by atomic mass is 32.1. The summed E-state index contributed by atoms with van der Waals surface area (Å²) in [4.78, 5) is 34.0. The molecule has 1 aromatic carbocycles. The summed E-state index contributed by atoms with van der Waals surface area (Å²) in [5.41, 5.74) is 7.07. The minimum atomic E-state index is -0.243. The van der Waals surface area contributed by atoms with Crippen LogP contribution in [0, 0.1) is 19.7 Å². The van der Waals surface area contributed by atoms with Gasteiger partial charge < -0.3 is 20.4 Å². The van der Waals surface area contributed by atoms with Crippen LogP contribution in [0.1, 0.15) is 72.7 Å². The largest absolute Gasteiger partial charge is 0.356 e. The van der Waals surface area contributed by atoms with Gasteiger partial charge in [0.25, 0.3) is 0 Å². The molecule has 0 aliphatic carbocycles. The Kier molecular flexibility index (Phi) is 12.0. The number of pyridine rings is 2. The van der Waals surface area contributed by atoms with E-state index in [-0.39, 0.29) is 11.7 Å². The van der Waals surface area contributed by atoms with Crippen molar-refractivity contribution in [3.05, 3.63) is 113 Å². The van der Waals surface area contributed by atoms with E-state index in [1.165, 1.54) is 5.56 Å². The highest BCUT2D eigenvalue weighted by Gasteiger charge is 2.26. The number of thiophene rings is 1. The maximum atomic E-state index is 14.2. The van der Waals surface area contributed by atoms with E-state index in [1.54, 1.807) is 23.5 Å². The van der Waals surface area contributed by atoms with Crippen LogP contribution in [0.5, 0.6) is 0 Å². The van der Waals surface area contributed by atoms with Gasteiger partial charge in [-0.05, 0) is 130 Å². The van der Waals surface area contributed by atoms with E-state index in [0.29, 0.717) is 17.9 Å². The molecule has 2 N–H and O–H groups in total. The lowest BCUT2D eigenvalue weighted by Crippen LogP contribution is -2.43. The van der Waals surface area contributed by atoms with Crippen molar-refractivity contribution in [1.82, 2.24) is 50.3 Å². The number of hydrogen-bond acceptors (Lipinski definition) is 12. The monoisotopic (exact) mass is 824 g/mol. The van der Waals surface area contributed by atoms with Gasteiger partial charge in [-0.15, -0.1) is 11.3 Å². The van der Waals surface area contributed by atoms with Crippen molar-refractivity contribution in [1.29, 1.82) is 0 Å². The fourth-order valence-corrected chi connectivity index (χ4v) is 9.83. The lowest BCUT2D eigenvalue weighted by atomic mass is 9.91. The Morgan fingerprint density at radius 1 is 0.800 bits per heavy atom. The SMILES string of the molecule is Cc1nc(N2CCC(NCCC(c3ccc(F)cc3)c3cccc(-c4nc(N5CCC(NCCCc6ccncc6)CC5)c5scc(C)c5n4)n3)CC2)c2cnn(C)c2n1. The highest BCUT2D eigenvalue weighted by Crippen LogP contribution is 2.36. The molecule has 0 radical (unpaired) electrons. The molecular formula is C46H53FN12S. The molecule has 6 aromatic heterocycles. The third kappa shape index (κ3) is 8.86. The predicted molar refractivity (Wildman–Crippen MR) is 238 cm³/mol. The van der Waals surface area contributed by atoms with Crippen molar-refractivity contribution in [2.24, 2.45) is 7.05 Å². The molecule has 12 nitrogen and oxygen atoms in total. The van der Waals surface area contributed by atoms with Gasteiger partial charge in [0.2, 0.25) is 0 Å². The second kappa shape index (κ2) is 18.0. The summed E-state index contributed by atoms with van der Waals surface area (Å²) < 4.78 is 17.1. The van der Waals surface area contributed by atoms with Crippen LogP contribution in [0.3, 0.4) is 0 Å². The molecule has 0 bridgehead atoms. The summed E-state index contributed by atoms with van der Waals surface area (Å²) in [7, 11) is 1.92. The Morgan fingerprint density at radius 3 is 2.27 bits per heavy atom. The molecule has 310 valence electrons. The van der Waals surface area contributed by atoms with E-state index < -0.39 is 0 Å². The number of rotatable bonds is 14. The fraction of sp³-hybridized carbons (Fsp3) is 0.413.